The van der Waals surface area contributed by atoms with Crippen LogP contribution in [0.3, 0.4) is 0 Å². The summed E-state index contributed by atoms with van der Waals surface area (Å²) in [6, 6.07) is 0.483. The molecule has 1 heterocycles. The van der Waals surface area contributed by atoms with Crippen LogP contribution in [0.25, 0.3) is 0 Å². The van der Waals surface area contributed by atoms with Gasteiger partial charge in [0, 0.05) is 5.75 Å². The average molecular weight is 236 g/mol. The Morgan fingerprint density at radius 1 is 1.71 bits per heavy atom. The fourth-order valence-corrected chi connectivity index (χ4v) is 3.91. The van der Waals surface area contributed by atoms with Crippen LogP contribution in [0.2, 0.25) is 0 Å². The fraction of sp³-hybridized carbons (Fsp3) is 0.667. The molecule has 0 unspecified atom stereocenters. The van der Waals surface area contributed by atoms with E-state index in [1.165, 1.54) is 17.8 Å². The Kier molecular flexibility index (Phi) is 3.36. The van der Waals surface area contributed by atoms with Gasteiger partial charge in [-0.3, -0.25) is 4.79 Å². The van der Waals surface area contributed by atoms with Crippen molar-refractivity contribution in [3.8, 4) is 6.07 Å². The Balaban J connectivity index is 2.88. The molecule has 6 nitrogen and oxygen atoms in total. The normalized spacial score (nSPS) is 23.2. The molecular weight excluding hydrogens is 228 g/mol. The van der Waals surface area contributed by atoms with E-state index in [9.17, 15) is 13.2 Å². The van der Waals surface area contributed by atoms with Gasteiger partial charge in [-0.2, -0.15) is 9.57 Å². The second-order valence-electron chi connectivity index (χ2n) is 2.66. The first-order chi connectivity index (χ1) is 6.49. The number of nitriles is 1. The van der Waals surface area contributed by atoms with E-state index in [0.717, 1.165) is 4.31 Å². The van der Waals surface area contributed by atoms with Crippen LogP contribution < -0.4 is 0 Å². The summed E-state index contributed by atoms with van der Waals surface area (Å²) in [4.78, 5) is 10.7. The topological polar surface area (TPSA) is 98.5 Å². The van der Waals surface area contributed by atoms with Gasteiger partial charge in [-0.05, 0) is 0 Å². The molecule has 0 aromatic carbocycles. The zero-order valence-electron chi connectivity index (χ0n) is 7.08. The Morgan fingerprint density at radius 2 is 2.36 bits per heavy atom. The van der Waals surface area contributed by atoms with Crippen molar-refractivity contribution in [3.05, 3.63) is 0 Å². The molecule has 1 aliphatic rings. The predicted molar refractivity (Wildman–Crippen MR) is 50.0 cm³/mol. The second-order valence-corrected chi connectivity index (χ2v) is 5.58. The van der Waals surface area contributed by atoms with E-state index >= 15 is 0 Å². The summed E-state index contributed by atoms with van der Waals surface area (Å²) in [6.07, 6.45) is 0. The lowest BCUT2D eigenvalue weighted by atomic mass is 10.4. The van der Waals surface area contributed by atoms with E-state index < -0.39 is 27.8 Å². The first kappa shape index (κ1) is 11.3. The number of nitrogens with zero attached hydrogens (tertiary/aromatic N) is 2. The van der Waals surface area contributed by atoms with Gasteiger partial charge in [-0.25, -0.2) is 8.42 Å². The molecule has 0 bridgehead atoms. The molecule has 0 aliphatic carbocycles. The number of hydrogen-bond donors (Lipinski definition) is 1. The quantitative estimate of drug-likeness (QED) is 0.695. The molecule has 8 heteroatoms. The van der Waals surface area contributed by atoms with Crippen LogP contribution in [0, 0.1) is 11.3 Å². The highest BCUT2D eigenvalue weighted by Crippen LogP contribution is 2.24. The van der Waals surface area contributed by atoms with Crippen molar-refractivity contribution in [1.29, 1.82) is 5.26 Å². The van der Waals surface area contributed by atoms with Gasteiger partial charge >= 0.3 is 5.97 Å². The second kappa shape index (κ2) is 4.16. The zero-order valence-corrected chi connectivity index (χ0v) is 8.71. The van der Waals surface area contributed by atoms with Crippen molar-refractivity contribution in [2.75, 3.05) is 17.4 Å². The molecular formula is C6H8N2O4S2. The summed E-state index contributed by atoms with van der Waals surface area (Å²) in [5, 5.41) is 17.0. The Labute approximate surface area is 85.6 Å². The van der Waals surface area contributed by atoms with E-state index in [1.54, 1.807) is 0 Å². The average Bonchev–Trinajstić information content (AvgIpc) is 2.51. The molecule has 0 radical (unpaired) electrons. The van der Waals surface area contributed by atoms with Crippen LogP contribution >= 0.6 is 11.8 Å². The number of thioether (sulfide) groups is 1. The lowest BCUT2D eigenvalue weighted by Gasteiger charge is -2.17. The number of carboxylic acid groups (broad SMARTS) is 1. The summed E-state index contributed by atoms with van der Waals surface area (Å²) in [5.41, 5.74) is 0. The SMILES string of the molecule is N#CCS(=O)(=O)N1CSC[C@H]1C(=O)O. The van der Waals surface area contributed by atoms with E-state index in [0.29, 0.717) is 0 Å². The number of aliphatic carboxylic acids is 1. The van der Waals surface area contributed by atoms with Crippen LogP contribution in [-0.2, 0) is 14.8 Å². The Bertz CT molecular complexity index is 372. The Hall–Kier alpha value is -0.780. The van der Waals surface area contributed by atoms with Crippen LogP contribution in [0.1, 0.15) is 0 Å². The highest BCUT2D eigenvalue weighted by molar-refractivity contribution is 8.00. The van der Waals surface area contributed by atoms with Gasteiger partial charge in [0.2, 0.25) is 10.0 Å². The first-order valence-electron chi connectivity index (χ1n) is 3.66. The van der Waals surface area contributed by atoms with E-state index in [-0.39, 0.29) is 11.6 Å². The third-order valence-electron chi connectivity index (χ3n) is 1.73. The third kappa shape index (κ3) is 2.17. The number of carboxylic acids is 1. The minimum atomic E-state index is -3.73. The van der Waals surface area contributed by atoms with Gasteiger partial charge in [-0.15, -0.1) is 11.8 Å². The van der Waals surface area contributed by atoms with Crippen molar-refractivity contribution in [1.82, 2.24) is 4.31 Å². The number of hydrogen-bond acceptors (Lipinski definition) is 5. The van der Waals surface area contributed by atoms with Crippen LogP contribution in [0.4, 0.5) is 0 Å². The molecule has 0 aromatic heterocycles. The molecule has 1 fully saturated rings. The molecule has 0 aromatic rings. The van der Waals surface area contributed by atoms with Crippen LogP contribution in [0.5, 0.6) is 0 Å². The van der Waals surface area contributed by atoms with Crippen molar-refractivity contribution in [3.63, 3.8) is 0 Å². The lowest BCUT2D eigenvalue weighted by Crippen LogP contribution is -2.42. The zero-order chi connectivity index (χ0) is 10.8. The van der Waals surface area contributed by atoms with Gasteiger partial charge in [0.1, 0.15) is 6.04 Å². The minimum absolute atomic E-state index is 0.112. The van der Waals surface area contributed by atoms with E-state index in [2.05, 4.69) is 0 Å². The maximum atomic E-state index is 11.4. The van der Waals surface area contributed by atoms with Gasteiger partial charge in [-0.1, -0.05) is 0 Å². The maximum absolute atomic E-state index is 11.4. The van der Waals surface area contributed by atoms with Gasteiger partial charge < -0.3 is 5.11 Å². The van der Waals surface area contributed by atoms with Crippen molar-refractivity contribution >= 4 is 27.8 Å². The summed E-state index contributed by atoms with van der Waals surface area (Å²) >= 11 is 1.23. The minimum Gasteiger partial charge on any atom is -0.480 e. The van der Waals surface area contributed by atoms with Crippen molar-refractivity contribution < 1.29 is 18.3 Å². The number of sulfonamides is 1. The molecule has 1 atom stereocenters. The smallest absolute Gasteiger partial charge is 0.322 e. The number of carbonyl (C=O) groups is 1. The van der Waals surface area contributed by atoms with E-state index in [4.69, 9.17) is 10.4 Å². The molecule has 1 aliphatic heterocycles. The standard InChI is InChI=1S/C6H8N2O4S2/c7-1-2-14(11,12)8-4-13-3-5(8)6(9)10/h5H,2-4H2,(H,9,10)/t5-/m0/s1. The van der Waals surface area contributed by atoms with Crippen molar-refractivity contribution in [2.24, 2.45) is 0 Å². The lowest BCUT2D eigenvalue weighted by molar-refractivity contribution is -0.140. The summed E-state index contributed by atoms with van der Waals surface area (Å²) in [6.45, 7) is 0. The van der Waals surface area contributed by atoms with Crippen LogP contribution in [0.15, 0.2) is 0 Å². The molecule has 1 rings (SSSR count). The fourth-order valence-electron chi connectivity index (χ4n) is 1.06. The molecule has 0 saturated carbocycles. The first-order valence-corrected chi connectivity index (χ1v) is 6.42. The largest absolute Gasteiger partial charge is 0.480 e. The van der Waals surface area contributed by atoms with Gasteiger partial charge in [0.05, 0.1) is 11.9 Å². The molecule has 14 heavy (non-hydrogen) atoms. The monoisotopic (exact) mass is 236 g/mol. The van der Waals surface area contributed by atoms with Crippen LogP contribution in [-0.4, -0.2) is 47.2 Å². The highest BCUT2D eigenvalue weighted by Gasteiger charge is 2.38. The summed E-state index contributed by atoms with van der Waals surface area (Å²) in [7, 11) is -3.73. The molecule has 0 spiro atoms. The molecule has 0 amide bonds. The summed E-state index contributed by atoms with van der Waals surface area (Å²) in [5.74, 6) is -1.49. The molecule has 1 saturated heterocycles. The maximum Gasteiger partial charge on any atom is 0.322 e. The molecule has 1 N–H and O–H groups in total. The predicted octanol–water partition coefficient (Wildman–Crippen LogP) is -0.701. The number of rotatable bonds is 3. The van der Waals surface area contributed by atoms with E-state index in [1.807, 2.05) is 0 Å². The summed E-state index contributed by atoms with van der Waals surface area (Å²) < 4.78 is 23.6. The third-order valence-corrected chi connectivity index (χ3v) is 4.50. The van der Waals surface area contributed by atoms with Gasteiger partial charge in [0.25, 0.3) is 0 Å². The molecule has 78 valence electrons. The van der Waals surface area contributed by atoms with Gasteiger partial charge in [0.15, 0.2) is 5.75 Å². The highest BCUT2D eigenvalue weighted by atomic mass is 32.2. The Morgan fingerprint density at radius 3 is 2.86 bits per heavy atom. The van der Waals surface area contributed by atoms with Crippen molar-refractivity contribution in [2.45, 2.75) is 6.04 Å².